The second kappa shape index (κ2) is 9.34. The summed E-state index contributed by atoms with van der Waals surface area (Å²) < 4.78 is 86.4. The molecule has 3 fully saturated rings. The number of nitro benzene ring substituents is 1. The lowest BCUT2D eigenvalue weighted by Gasteiger charge is -2.39. The summed E-state index contributed by atoms with van der Waals surface area (Å²) >= 11 is 0. The first kappa shape index (κ1) is 27.7. The summed E-state index contributed by atoms with van der Waals surface area (Å²) in [6.45, 7) is 1.93. The molecule has 1 spiro atoms. The maximum atomic E-state index is 13.8. The zero-order chi connectivity index (χ0) is 28.5. The lowest BCUT2D eigenvalue weighted by Crippen LogP contribution is -2.53. The lowest BCUT2D eigenvalue weighted by molar-refractivity contribution is -0.386. The Hall–Kier alpha value is -2.90. The van der Waals surface area contributed by atoms with Gasteiger partial charge in [-0.1, -0.05) is 6.92 Å². The number of alkyl halides is 6. The van der Waals surface area contributed by atoms with E-state index in [1.807, 2.05) is 0 Å². The molecule has 2 amide bonds. The van der Waals surface area contributed by atoms with Crippen LogP contribution in [0.25, 0.3) is 0 Å². The predicted molar refractivity (Wildman–Crippen MR) is 122 cm³/mol. The minimum absolute atomic E-state index is 0.00852. The minimum atomic E-state index is -5.09. The molecule has 0 aromatic heterocycles. The molecule has 3 aliphatic heterocycles. The van der Waals surface area contributed by atoms with E-state index in [4.69, 9.17) is 4.74 Å². The topological polar surface area (TPSA) is 93.0 Å². The number of hydrogen-bond acceptors (Lipinski definition) is 5. The van der Waals surface area contributed by atoms with Crippen LogP contribution in [0, 0.1) is 21.4 Å². The molecule has 8 nitrogen and oxygen atoms in total. The largest absolute Gasteiger partial charge is 0.471 e. The van der Waals surface area contributed by atoms with Gasteiger partial charge in [0.25, 0.3) is 5.69 Å². The summed E-state index contributed by atoms with van der Waals surface area (Å²) in [4.78, 5) is 39.5. The minimum Gasteiger partial charge on any atom is -0.381 e. The van der Waals surface area contributed by atoms with Gasteiger partial charge >= 0.3 is 18.3 Å². The van der Waals surface area contributed by atoms with Gasteiger partial charge in [-0.05, 0) is 49.7 Å². The predicted octanol–water partition coefficient (Wildman–Crippen LogP) is 4.63. The van der Waals surface area contributed by atoms with Crippen LogP contribution in [0.15, 0.2) is 12.1 Å². The molecule has 39 heavy (non-hydrogen) atoms. The van der Waals surface area contributed by atoms with Gasteiger partial charge in [0.15, 0.2) is 0 Å². The van der Waals surface area contributed by atoms with Crippen molar-refractivity contribution in [3.63, 3.8) is 0 Å². The maximum Gasteiger partial charge on any atom is 0.471 e. The van der Waals surface area contributed by atoms with Crippen molar-refractivity contribution in [3.8, 4) is 0 Å². The molecule has 0 bridgehead atoms. The highest BCUT2D eigenvalue weighted by Crippen LogP contribution is 2.56. The molecule has 3 heterocycles. The van der Waals surface area contributed by atoms with Crippen LogP contribution in [0.4, 0.5) is 32.0 Å². The van der Waals surface area contributed by atoms with Gasteiger partial charge in [-0.25, -0.2) is 0 Å². The van der Waals surface area contributed by atoms with Crippen molar-refractivity contribution < 1.29 is 45.6 Å². The van der Waals surface area contributed by atoms with Crippen LogP contribution in [0.3, 0.4) is 0 Å². The second-order valence-electron chi connectivity index (χ2n) is 11.0. The van der Waals surface area contributed by atoms with Crippen LogP contribution in [0.2, 0.25) is 0 Å². The van der Waals surface area contributed by atoms with E-state index in [2.05, 4.69) is 0 Å². The summed E-state index contributed by atoms with van der Waals surface area (Å²) in [5, 5.41) is 11.7. The van der Waals surface area contributed by atoms with Gasteiger partial charge in [-0.15, -0.1) is 0 Å². The van der Waals surface area contributed by atoms with Gasteiger partial charge in [0.1, 0.15) is 0 Å². The van der Waals surface area contributed by atoms with Gasteiger partial charge in [-0.2, -0.15) is 26.3 Å². The number of hydrogen-bond donors (Lipinski definition) is 0. The van der Waals surface area contributed by atoms with E-state index in [-0.39, 0.29) is 75.3 Å². The Balaban J connectivity index is 1.46. The van der Waals surface area contributed by atoms with E-state index >= 15 is 0 Å². The number of rotatable bonds is 3. The fourth-order valence-electron chi connectivity index (χ4n) is 7.19. The normalized spacial score (nSPS) is 29.5. The third-order valence-corrected chi connectivity index (χ3v) is 9.11. The standard InChI is InChI=1S/C25H27F6N3O5/c1-13-19-10-18-14(8-15(24(26,27)28)9-20(18)34(37)38)12-32(19)21(35)23(13)5-2-17(11-23)33(22(36)25(29,30)31)16-3-6-39-7-4-16/h8-9,13,16-17,19H,2-7,10-12H2,1H3/t13?,17-,19?,23+/m1/s1. The first-order chi connectivity index (χ1) is 18.1. The Labute approximate surface area is 219 Å². The molecule has 1 saturated carbocycles. The van der Waals surface area contributed by atoms with E-state index in [1.54, 1.807) is 6.92 Å². The number of carbonyl (C=O) groups excluding carboxylic acids is 2. The molecule has 214 valence electrons. The second-order valence-corrected chi connectivity index (χ2v) is 11.0. The average Bonchev–Trinajstić information content (AvgIpc) is 3.38. The van der Waals surface area contributed by atoms with Crippen LogP contribution in [0.1, 0.15) is 55.7 Å². The number of amides is 2. The van der Waals surface area contributed by atoms with Crippen molar-refractivity contribution in [2.75, 3.05) is 13.2 Å². The van der Waals surface area contributed by atoms with Gasteiger partial charge in [0.2, 0.25) is 5.91 Å². The fraction of sp³-hybridized carbons (Fsp3) is 0.680. The molecule has 2 unspecified atom stereocenters. The Kier molecular flexibility index (Phi) is 6.62. The van der Waals surface area contributed by atoms with Crippen LogP contribution < -0.4 is 0 Å². The Bertz CT molecular complexity index is 1200. The smallest absolute Gasteiger partial charge is 0.381 e. The number of fused-ring (bicyclic) bond motifs is 2. The molecule has 0 N–H and O–H groups in total. The number of nitrogens with zero attached hydrogens (tertiary/aromatic N) is 3. The van der Waals surface area contributed by atoms with E-state index in [0.29, 0.717) is 6.07 Å². The van der Waals surface area contributed by atoms with E-state index in [0.717, 1.165) is 11.0 Å². The van der Waals surface area contributed by atoms with Gasteiger partial charge < -0.3 is 14.5 Å². The van der Waals surface area contributed by atoms with Crippen LogP contribution in [0.5, 0.6) is 0 Å². The Morgan fingerprint density at radius 1 is 1.13 bits per heavy atom. The van der Waals surface area contributed by atoms with Gasteiger partial charge in [0.05, 0.1) is 15.9 Å². The summed E-state index contributed by atoms with van der Waals surface area (Å²) in [5.74, 6) is -2.78. The summed E-state index contributed by atoms with van der Waals surface area (Å²) in [6, 6.07) is -0.757. The monoisotopic (exact) mass is 563 g/mol. The van der Waals surface area contributed by atoms with Crippen molar-refractivity contribution in [3.05, 3.63) is 38.9 Å². The zero-order valence-electron chi connectivity index (χ0n) is 21.0. The molecule has 4 atom stereocenters. The number of nitro groups is 1. The summed E-state index contributed by atoms with van der Waals surface area (Å²) in [7, 11) is 0. The van der Waals surface area contributed by atoms with Crippen molar-refractivity contribution in [1.82, 2.24) is 9.80 Å². The molecule has 1 aromatic carbocycles. The molecule has 2 saturated heterocycles. The van der Waals surface area contributed by atoms with E-state index in [9.17, 15) is 46.0 Å². The van der Waals surface area contributed by atoms with E-state index < -0.39 is 63.9 Å². The molecular weight excluding hydrogens is 536 g/mol. The van der Waals surface area contributed by atoms with Gasteiger partial charge in [0, 0.05) is 55.9 Å². The summed E-state index contributed by atoms with van der Waals surface area (Å²) in [6.07, 6.45) is -9.10. The van der Waals surface area contributed by atoms with Crippen LogP contribution in [-0.4, -0.2) is 64.1 Å². The average molecular weight is 563 g/mol. The maximum absolute atomic E-state index is 13.8. The fourth-order valence-corrected chi connectivity index (χ4v) is 7.19. The number of carbonyl (C=O) groups is 2. The highest BCUT2D eigenvalue weighted by atomic mass is 19.4. The molecule has 1 aromatic rings. The first-order valence-corrected chi connectivity index (χ1v) is 12.8. The molecule has 4 aliphatic rings. The number of ether oxygens (including phenoxy) is 1. The van der Waals surface area contributed by atoms with Crippen molar-refractivity contribution in [2.45, 2.75) is 82.5 Å². The molecule has 5 rings (SSSR count). The SMILES string of the molecule is CC1C2Cc3c(cc(C(F)(F)F)cc3[N+](=O)[O-])CN2C(=O)[C@]12CC[C@@H](N(C(=O)C(F)(F)F)C1CCOCC1)C2. The third-order valence-electron chi connectivity index (χ3n) is 9.11. The van der Waals surface area contributed by atoms with Crippen molar-refractivity contribution in [1.29, 1.82) is 0 Å². The van der Waals surface area contributed by atoms with Crippen molar-refractivity contribution in [2.24, 2.45) is 11.3 Å². The third kappa shape index (κ3) is 4.53. The van der Waals surface area contributed by atoms with Gasteiger partial charge in [-0.3, -0.25) is 19.7 Å². The number of benzene rings is 1. The Morgan fingerprint density at radius 3 is 2.38 bits per heavy atom. The Morgan fingerprint density at radius 2 is 1.79 bits per heavy atom. The highest BCUT2D eigenvalue weighted by Gasteiger charge is 2.62. The molecule has 14 heteroatoms. The van der Waals surface area contributed by atoms with Crippen LogP contribution in [-0.2, 0) is 33.5 Å². The van der Waals surface area contributed by atoms with E-state index in [1.165, 1.54) is 4.90 Å². The quantitative estimate of drug-likeness (QED) is 0.304. The zero-order valence-corrected chi connectivity index (χ0v) is 21.0. The molecule has 0 radical (unpaired) electrons. The molecule has 1 aliphatic carbocycles. The van der Waals surface area contributed by atoms with Crippen LogP contribution >= 0.6 is 0 Å². The lowest BCUT2D eigenvalue weighted by atomic mass is 9.73. The highest BCUT2D eigenvalue weighted by molar-refractivity contribution is 5.88. The first-order valence-electron chi connectivity index (χ1n) is 12.8. The number of halogens is 6. The van der Waals surface area contributed by atoms with Crippen molar-refractivity contribution >= 4 is 17.5 Å². The molecular formula is C25H27F6N3O5. The summed E-state index contributed by atoms with van der Waals surface area (Å²) in [5.41, 5.74) is -2.79.